The molecule has 0 aliphatic rings. The van der Waals surface area contributed by atoms with Crippen molar-refractivity contribution in [1.82, 2.24) is 9.55 Å². The highest BCUT2D eigenvalue weighted by Crippen LogP contribution is 2.03. The molecule has 2 aromatic heterocycles. The van der Waals surface area contributed by atoms with Gasteiger partial charge in [0.15, 0.2) is 0 Å². The Morgan fingerprint density at radius 1 is 1.14 bits per heavy atom. The normalized spacial score (nSPS) is 10.0. The van der Waals surface area contributed by atoms with Crippen molar-refractivity contribution < 1.29 is 0 Å². The standard InChI is InChI=1S/C10H9N3O/c11-8-4-3-5-9(12-8)13-7-2-1-6-10(13)14/h1-7H,(H2,11,12). The van der Waals surface area contributed by atoms with Crippen molar-refractivity contribution in [1.29, 1.82) is 0 Å². The number of rotatable bonds is 1. The fraction of sp³-hybridized carbons (Fsp3) is 0. The summed E-state index contributed by atoms with van der Waals surface area (Å²) in [5, 5.41) is 0. The molecule has 0 unspecified atom stereocenters. The van der Waals surface area contributed by atoms with Gasteiger partial charge in [-0.05, 0) is 18.2 Å². The van der Waals surface area contributed by atoms with E-state index in [0.29, 0.717) is 11.6 Å². The first-order chi connectivity index (χ1) is 6.77. The fourth-order valence-corrected chi connectivity index (χ4v) is 1.19. The summed E-state index contributed by atoms with van der Waals surface area (Å²) in [7, 11) is 0. The van der Waals surface area contributed by atoms with Crippen LogP contribution in [-0.2, 0) is 0 Å². The Hall–Kier alpha value is -2.10. The van der Waals surface area contributed by atoms with Crippen LogP contribution < -0.4 is 11.3 Å². The summed E-state index contributed by atoms with van der Waals surface area (Å²) in [6, 6.07) is 10.1. The Bertz CT molecular complexity index is 504. The number of hydrogen-bond donors (Lipinski definition) is 1. The molecule has 2 rings (SSSR count). The molecular formula is C10H9N3O. The lowest BCUT2D eigenvalue weighted by Crippen LogP contribution is -2.16. The molecule has 0 amide bonds. The monoisotopic (exact) mass is 187 g/mol. The van der Waals surface area contributed by atoms with Crippen LogP contribution in [0.25, 0.3) is 5.82 Å². The maximum atomic E-state index is 11.4. The quantitative estimate of drug-likeness (QED) is 0.718. The topological polar surface area (TPSA) is 60.9 Å². The molecule has 0 bridgehead atoms. The van der Waals surface area contributed by atoms with E-state index in [9.17, 15) is 4.79 Å². The van der Waals surface area contributed by atoms with Crippen LogP contribution in [0.1, 0.15) is 0 Å². The molecular weight excluding hydrogens is 178 g/mol. The van der Waals surface area contributed by atoms with Gasteiger partial charge in [-0.25, -0.2) is 4.98 Å². The SMILES string of the molecule is Nc1cccc(-n2ccccc2=O)n1. The van der Waals surface area contributed by atoms with Crippen LogP contribution in [0, 0.1) is 0 Å². The van der Waals surface area contributed by atoms with E-state index in [1.165, 1.54) is 10.6 Å². The summed E-state index contributed by atoms with van der Waals surface area (Å²) in [4.78, 5) is 15.5. The van der Waals surface area contributed by atoms with Crippen molar-refractivity contribution in [2.45, 2.75) is 0 Å². The minimum atomic E-state index is -0.120. The van der Waals surface area contributed by atoms with Gasteiger partial charge in [0, 0.05) is 12.3 Å². The van der Waals surface area contributed by atoms with Gasteiger partial charge in [0.25, 0.3) is 5.56 Å². The Morgan fingerprint density at radius 2 is 2.00 bits per heavy atom. The van der Waals surface area contributed by atoms with Crippen LogP contribution in [0.2, 0.25) is 0 Å². The van der Waals surface area contributed by atoms with E-state index in [1.807, 2.05) is 0 Å². The van der Waals surface area contributed by atoms with Crippen molar-refractivity contribution in [3.05, 3.63) is 52.9 Å². The van der Waals surface area contributed by atoms with Crippen LogP contribution in [0.5, 0.6) is 0 Å². The zero-order chi connectivity index (χ0) is 9.97. The number of nitrogens with zero attached hydrogens (tertiary/aromatic N) is 2. The molecule has 0 radical (unpaired) electrons. The first kappa shape index (κ1) is 8.50. The lowest BCUT2D eigenvalue weighted by atomic mass is 10.4. The Labute approximate surface area is 80.6 Å². The molecule has 0 fully saturated rings. The average Bonchev–Trinajstić information content (AvgIpc) is 2.18. The van der Waals surface area contributed by atoms with Gasteiger partial charge in [0.2, 0.25) is 0 Å². The first-order valence-corrected chi connectivity index (χ1v) is 4.18. The highest BCUT2D eigenvalue weighted by molar-refractivity contribution is 5.35. The van der Waals surface area contributed by atoms with Gasteiger partial charge < -0.3 is 5.73 Å². The van der Waals surface area contributed by atoms with Gasteiger partial charge in [-0.15, -0.1) is 0 Å². The molecule has 2 heterocycles. The molecule has 0 aliphatic heterocycles. The molecule has 0 saturated carbocycles. The van der Waals surface area contributed by atoms with E-state index in [1.54, 1.807) is 36.5 Å². The summed E-state index contributed by atoms with van der Waals surface area (Å²) in [5.74, 6) is 0.939. The molecule has 70 valence electrons. The predicted octanol–water partition coefficient (Wildman–Crippen LogP) is 0.815. The van der Waals surface area contributed by atoms with E-state index in [2.05, 4.69) is 4.98 Å². The molecule has 2 N–H and O–H groups in total. The van der Waals surface area contributed by atoms with Crippen molar-refractivity contribution in [2.24, 2.45) is 0 Å². The van der Waals surface area contributed by atoms with E-state index < -0.39 is 0 Å². The van der Waals surface area contributed by atoms with Crippen LogP contribution in [0.15, 0.2) is 47.4 Å². The number of nitrogens with two attached hydrogens (primary N) is 1. The highest BCUT2D eigenvalue weighted by atomic mass is 16.1. The largest absolute Gasteiger partial charge is 0.384 e. The summed E-state index contributed by atoms with van der Waals surface area (Å²) in [6.07, 6.45) is 1.66. The Kier molecular flexibility index (Phi) is 2.02. The predicted molar refractivity (Wildman–Crippen MR) is 54.2 cm³/mol. The third-order valence-electron chi connectivity index (χ3n) is 1.83. The molecule has 14 heavy (non-hydrogen) atoms. The number of anilines is 1. The molecule has 0 saturated heterocycles. The van der Waals surface area contributed by atoms with Gasteiger partial charge in [0.05, 0.1) is 0 Å². The van der Waals surface area contributed by atoms with E-state index in [-0.39, 0.29) is 5.56 Å². The molecule has 2 aromatic rings. The summed E-state index contributed by atoms with van der Waals surface area (Å²) < 4.78 is 1.44. The van der Waals surface area contributed by atoms with Crippen LogP contribution in [-0.4, -0.2) is 9.55 Å². The second kappa shape index (κ2) is 3.33. The lowest BCUT2D eigenvalue weighted by Gasteiger charge is -2.03. The number of hydrogen-bond acceptors (Lipinski definition) is 3. The number of nitrogen functional groups attached to an aromatic ring is 1. The van der Waals surface area contributed by atoms with Crippen LogP contribution in [0.4, 0.5) is 5.82 Å². The maximum absolute atomic E-state index is 11.4. The Morgan fingerprint density at radius 3 is 2.71 bits per heavy atom. The molecule has 4 nitrogen and oxygen atoms in total. The van der Waals surface area contributed by atoms with Crippen molar-refractivity contribution in [3.8, 4) is 5.82 Å². The maximum Gasteiger partial charge on any atom is 0.256 e. The van der Waals surface area contributed by atoms with E-state index >= 15 is 0 Å². The minimum Gasteiger partial charge on any atom is -0.384 e. The lowest BCUT2D eigenvalue weighted by molar-refractivity contribution is 0.944. The number of pyridine rings is 2. The zero-order valence-corrected chi connectivity index (χ0v) is 7.42. The van der Waals surface area contributed by atoms with Gasteiger partial charge in [-0.3, -0.25) is 9.36 Å². The summed E-state index contributed by atoms with van der Waals surface area (Å²) in [5.41, 5.74) is 5.40. The van der Waals surface area contributed by atoms with Gasteiger partial charge >= 0.3 is 0 Å². The smallest absolute Gasteiger partial charge is 0.256 e. The van der Waals surface area contributed by atoms with Crippen LogP contribution in [0.3, 0.4) is 0 Å². The van der Waals surface area contributed by atoms with Crippen molar-refractivity contribution >= 4 is 5.82 Å². The fourth-order valence-electron chi connectivity index (χ4n) is 1.19. The van der Waals surface area contributed by atoms with Crippen LogP contribution >= 0.6 is 0 Å². The van der Waals surface area contributed by atoms with Crippen molar-refractivity contribution in [2.75, 3.05) is 5.73 Å². The third-order valence-corrected chi connectivity index (χ3v) is 1.83. The second-order valence-corrected chi connectivity index (χ2v) is 2.83. The molecule has 0 aromatic carbocycles. The van der Waals surface area contributed by atoms with Gasteiger partial charge in [0.1, 0.15) is 11.6 Å². The van der Waals surface area contributed by atoms with Gasteiger partial charge in [-0.1, -0.05) is 12.1 Å². The highest BCUT2D eigenvalue weighted by Gasteiger charge is 1.98. The summed E-state index contributed by atoms with van der Waals surface area (Å²) >= 11 is 0. The third kappa shape index (κ3) is 1.50. The molecule has 0 aliphatic carbocycles. The molecule has 4 heteroatoms. The first-order valence-electron chi connectivity index (χ1n) is 4.18. The Balaban J connectivity index is 2.61. The number of aromatic nitrogens is 2. The zero-order valence-electron chi connectivity index (χ0n) is 7.42. The molecule has 0 spiro atoms. The molecule has 0 atom stereocenters. The minimum absolute atomic E-state index is 0.120. The van der Waals surface area contributed by atoms with E-state index in [0.717, 1.165) is 0 Å². The average molecular weight is 187 g/mol. The second-order valence-electron chi connectivity index (χ2n) is 2.83. The van der Waals surface area contributed by atoms with Gasteiger partial charge in [-0.2, -0.15) is 0 Å². The van der Waals surface area contributed by atoms with Crippen molar-refractivity contribution in [3.63, 3.8) is 0 Å². The summed E-state index contributed by atoms with van der Waals surface area (Å²) in [6.45, 7) is 0. The van der Waals surface area contributed by atoms with E-state index in [4.69, 9.17) is 5.73 Å².